The molecule has 2 nitrogen and oxygen atoms in total. The van der Waals surface area contributed by atoms with Crippen LogP contribution >= 0.6 is 0 Å². The zero-order chi connectivity index (χ0) is 10.7. The third kappa shape index (κ3) is 2.28. The Hall–Kier alpha value is -1.54. The quantitative estimate of drug-likeness (QED) is 0.809. The van der Waals surface area contributed by atoms with Gasteiger partial charge in [-0.2, -0.15) is 0 Å². The van der Waals surface area contributed by atoms with Crippen LogP contribution in [0.25, 0.3) is 5.69 Å². The fraction of sp³-hybridized carbons (Fsp3) is 0.231. The molecule has 2 rings (SSSR count). The second-order valence-corrected chi connectivity index (χ2v) is 3.80. The summed E-state index contributed by atoms with van der Waals surface area (Å²) < 4.78 is 2.13. The highest BCUT2D eigenvalue weighted by atomic mass is 14.9. The van der Waals surface area contributed by atoms with Crippen molar-refractivity contribution in [2.24, 2.45) is 5.73 Å². The lowest BCUT2D eigenvalue weighted by Gasteiger charge is -2.02. The molecule has 0 saturated carbocycles. The summed E-state index contributed by atoms with van der Waals surface area (Å²) in [6, 6.07) is 10.6. The molecule has 2 heteroatoms. The lowest BCUT2D eigenvalue weighted by atomic mass is 10.2. The zero-order valence-electron chi connectivity index (χ0n) is 8.98. The van der Waals surface area contributed by atoms with Crippen LogP contribution in [0.5, 0.6) is 0 Å². The van der Waals surface area contributed by atoms with Gasteiger partial charge in [-0.25, -0.2) is 0 Å². The van der Waals surface area contributed by atoms with Gasteiger partial charge in [0.15, 0.2) is 0 Å². The van der Waals surface area contributed by atoms with Gasteiger partial charge in [0.25, 0.3) is 0 Å². The molecule has 2 aromatic rings. The molecule has 0 bridgehead atoms. The highest BCUT2D eigenvalue weighted by molar-refractivity contribution is 5.36. The van der Waals surface area contributed by atoms with E-state index in [-0.39, 0.29) is 0 Å². The van der Waals surface area contributed by atoms with Gasteiger partial charge in [-0.1, -0.05) is 17.7 Å². The third-order valence-corrected chi connectivity index (χ3v) is 2.52. The Kier molecular flexibility index (Phi) is 2.88. The van der Waals surface area contributed by atoms with Crippen LogP contribution in [0.3, 0.4) is 0 Å². The average molecular weight is 200 g/mol. The summed E-state index contributed by atoms with van der Waals surface area (Å²) >= 11 is 0. The molecule has 78 valence electrons. The van der Waals surface area contributed by atoms with Crippen LogP contribution in [0.2, 0.25) is 0 Å². The molecule has 0 aliphatic rings. The summed E-state index contributed by atoms with van der Waals surface area (Å²) in [5, 5.41) is 0. The molecule has 0 unspecified atom stereocenters. The smallest absolute Gasteiger partial charge is 0.0449 e. The van der Waals surface area contributed by atoms with Gasteiger partial charge in [0, 0.05) is 18.1 Å². The number of aryl methyl sites for hydroxylation is 1. The second-order valence-electron chi connectivity index (χ2n) is 3.80. The van der Waals surface area contributed by atoms with Crippen molar-refractivity contribution in [2.45, 2.75) is 13.3 Å². The van der Waals surface area contributed by atoms with Crippen LogP contribution < -0.4 is 5.73 Å². The van der Waals surface area contributed by atoms with Crippen molar-refractivity contribution in [1.29, 1.82) is 0 Å². The fourth-order valence-corrected chi connectivity index (χ4v) is 1.63. The third-order valence-electron chi connectivity index (χ3n) is 2.52. The van der Waals surface area contributed by atoms with Crippen LogP contribution in [0, 0.1) is 6.92 Å². The van der Waals surface area contributed by atoms with E-state index in [1.165, 1.54) is 16.8 Å². The van der Waals surface area contributed by atoms with Gasteiger partial charge in [0.2, 0.25) is 0 Å². The summed E-state index contributed by atoms with van der Waals surface area (Å²) in [5.41, 5.74) is 9.29. The van der Waals surface area contributed by atoms with Crippen molar-refractivity contribution in [3.63, 3.8) is 0 Å². The van der Waals surface area contributed by atoms with E-state index in [1.807, 2.05) is 0 Å². The van der Waals surface area contributed by atoms with Crippen LogP contribution in [0.1, 0.15) is 11.1 Å². The predicted octanol–water partition coefficient (Wildman–Crippen LogP) is 2.29. The van der Waals surface area contributed by atoms with Gasteiger partial charge in [-0.05, 0) is 43.7 Å². The van der Waals surface area contributed by atoms with E-state index in [9.17, 15) is 0 Å². The molecule has 0 saturated heterocycles. The number of benzene rings is 1. The Morgan fingerprint density at radius 1 is 1.13 bits per heavy atom. The Morgan fingerprint density at radius 2 is 1.87 bits per heavy atom. The van der Waals surface area contributed by atoms with E-state index in [4.69, 9.17) is 5.73 Å². The number of rotatable bonds is 3. The summed E-state index contributed by atoms with van der Waals surface area (Å²) in [5.74, 6) is 0. The predicted molar refractivity (Wildman–Crippen MR) is 63.3 cm³/mol. The highest BCUT2D eigenvalue weighted by Crippen LogP contribution is 2.11. The lowest BCUT2D eigenvalue weighted by molar-refractivity contribution is 0.961. The fourth-order valence-electron chi connectivity index (χ4n) is 1.63. The standard InChI is InChI=1S/C13H16N2/c1-11-2-4-13(5-3-11)15-9-7-12(10-15)6-8-14/h2-5,7,9-10H,6,8,14H2,1H3. The maximum atomic E-state index is 5.52. The minimum Gasteiger partial charge on any atom is -0.330 e. The first-order valence-electron chi connectivity index (χ1n) is 5.23. The zero-order valence-corrected chi connectivity index (χ0v) is 8.98. The average Bonchev–Trinajstić information content (AvgIpc) is 2.68. The van der Waals surface area contributed by atoms with Crippen molar-refractivity contribution in [3.05, 3.63) is 53.9 Å². The molecule has 0 atom stereocenters. The van der Waals surface area contributed by atoms with Gasteiger partial charge in [-0.3, -0.25) is 0 Å². The largest absolute Gasteiger partial charge is 0.330 e. The van der Waals surface area contributed by atoms with Crippen LogP contribution in [0.4, 0.5) is 0 Å². The molecule has 0 aliphatic heterocycles. The Balaban J connectivity index is 2.25. The topological polar surface area (TPSA) is 30.9 Å². The molecule has 1 aromatic heterocycles. The Bertz CT molecular complexity index is 426. The molecule has 0 fully saturated rings. The first-order chi connectivity index (χ1) is 7.29. The minimum atomic E-state index is 0.706. The van der Waals surface area contributed by atoms with E-state index in [0.29, 0.717) is 6.54 Å². The van der Waals surface area contributed by atoms with Gasteiger partial charge < -0.3 is 10.3 Å². The van der Waals surface area contributed by atoms with Crippen LogP contribution in [0.15, 0.2) is 42.7 Å². The lowest BCUT2D eigenvalue weighted by Crippen LogP contribution is -2.01. The van der Waals surface area contributed by atoms with E-state index in [2.05, 4.69) is 54.2 Å². The molecular formula is C13H16N2. The number of aromatic nitrogens is 1. The van der Waals surface area contributed by atoms with E-state index >= 15 is 0 Å². The molecule has 1 heterocycles. The maximum Gasteiger partial charge on any atom is 0.0449 e. The molecule has 2 N–H and O–H groups in total. The minimum absolute atomic E-state index is 0.706. The van der Waals surface area contributed by atoms with Crippen molar-refractivity contribution in [2.75, 3.05) is 6.54 Å². The number of nitrogens with two attached hydrogens (primary N) is 1. The molecule has 1 aromatic carbocycles. The first kappa shape index (κ1) is 9.99. The second kappa shape index (κ2) is 4.32. The molecular weight excluding hydrogens is 184 g/mol. The molecule has 0 aliphatic carbocycles. The number of nitrogens with zero attached hydrogens (tertiary/aromatic N) is 1. The van der Waals surface area contributed by atoms with Crippen molar-refractivity contribution < 1.29 is 0 Å². The summed E-state index contributed by atoms with van der Waals surface area (Å²) in [6.07, 6.45) is 5.16. The van der Waals surface area contributed by atoms with Crippen LogP contribution in [-0.4, -0.2) is 11.1 Å². The molecule has 15 heavy (non-hydrogen) atoms. The maximum absolute atomic E-state index is 5.52. The van der Waals surface area contributed by atoms with E-state index in [1.54, 1.807) is 0 Å². The monoisotopic (exact) mass is 200 g/mol. The van der Waals surface area contributed by atoms with Crippen molar-refractivity contribution in [1.82, 2.24) is 4.57 Å². The van der Waals surface area contributed by atoms with Gasteiger partial charge >= 0.3 is 0 Å². The summed E-state index contributed by atoms with van der Waals surface area (Å²) in [6.45, 7) is 2.80. The van der Waals surface area contributed by atoms with Crippen LogP contribution in [-0.2, 0) is 6.42 Å². The SMILES string of the molecule is Cc1ccc(-n2ccc(CCN)c2)cc1. The van der Waals surface area contributed by atoms with Crippen molar-refractivity contribution >= 4 is 0 Å². The highest BCUT2D eigenvalue weighted by Gasteiger charge is 1.97. The number of hydrogen-bond acceptors (Lipinski definition) is 1. The Morgan fingerprint density at radius 3 is 2.53 bits per heavy atom. The van der Waals surface area contributed by atoms with Gasteiger partial charge in [0.05, 0.1) is 0 Å². The van der Waals surface area contributed by atoms with Crippen molar-refractivity contribution in [3.8, 4) is 5.69 Å². The molecule has 0 spiro atoms. The summed E-state index contributed by atoms with van der Waals surface area (Å²) in [7, 11) is 0. The van der Waals surface area contributed by atoms with Gasteiger partial charge in [-0.15, -0.1) is 0 Å². The summed E-state index contributed by atoms with van der Waals surface area (Å²) in [4.78, 5) is 0. The molecule has 0 amide bonds. The molecule has 0 radical (unpaired) electrons. The first-order valence-corrected chi connectivity index (χ1v) is 5.23. The van der Waals surface area contributed by atoms with E-state index in [0.717, 1.165) is 6.42 Å². The Labute approximate surface area is 90.3 Å². The van der Waals surface area contributed by atoms with E-state index < -0.39 is 0 Å². The normalized spacial score (nSPS) is 10.5. The number of hydrogen-bond donors (Lipinski definition) is 1. The van der Waals surface area contributed by atoms with Gasteiger partial charge in [0.1, 0.15) is 0 Å².